The number of likely N-dealkylation sites (tertiary alicyclic amines) is 1. The number of aldehydes is 2. The van der Waals surface area contributed by atoms with Crippen LogP contribution in [-0.4, -0.2) is 80.8 Å². The van der Waals surface area contributed by atoms with Gasteiger partial charge in [0.2, 0.25) is 5.91 Å². The van der Waals surface area contributed by atoms with E-state index >= 15 is 0 Å². The minimum Gasteiger partial charge on any atom is -0.365 e. The molecule has 0 aromatic heterocycles. The van der Waals surface area contributed by atoms with E-state index in [0.717, 1.165) is 55.5 Å². The second-order valence-corrected chi connectivity index (χ2v) is 10.4. The predicted octanol–water partition coefficient (Wildman–Crippen LogP) is 3.44. The highest BCUT2D eigenvalue weighted by Crippen LogP contribution is 2.26. The van der Waals surface area contributed by atoms with Gasteiger partial charge in [0.15, 0.2) is 0 Å². The van der Waals surface area contributed by atoms with E-state index in [-0.39, 0.29) is 12.0 Å². The van der Waals surface area contributed by atoms with Crippen LogP contribution in [0.15, 0.2) is 18.2 Å². The monoisotopic (exact) mass is 509 g/mol. The van der Waals surface area contributed by atoms with Crippen LogP contribution >= 0.6 is 0 Å². The molecule has 0 bridgehead atoms. The lowest BCUT2D eigenvalue weighted by molar-refractivity contribution is -0.126. The summed E-state index contributed by atoms with van der Waals surface area (Å²) in [6.45, 7) is 4.27. The summed E-state index contributed by atoms with van der Waals surface area (Å²) in [5, 5.41) is 2.66. The van der Waals surface area contributed by atoms with Gasteiger partial charge in [-0.1, -0.05) is 37.2 Å². The molecule has 1 aliphatic heterocycles. The van der Waals surface area contributed by atoms with E-state index in [9.17, 15) is 14.4 Å². The first kappa shape index (κ1) is 29.0. The van der Waals surface area contributed by atoms with Gasteiger partial charge in [-0.25, -0.2) is 0 Å². The Kier molecular flexibility index (Phi) is 12.3. The summed E-state index contributed by atoms with van der Waals surface area (Å²) in [5.41, 5.74) is 2.18. The van der Waals surface area contributed by atoms with E-state index in [1.807, 2.05) is 24.1 Å². The van der Waals surface area contributed by atoms with Crippen molar-refractivity contribution < 1.29 is 19.1 Å². The molecule has 1 heterocycles. The fourth-order valence-corrected chi connectivity index (χ4v) is 5.55. The number of benzene rings is 1. The number of hydrogen-bond acceptors (Lipinski definition) is 6. The van der Waals surface area contributed by atoms with Gasteiger partial charge in [0, 0.05) is 50.8 Å². The van der Waals surface area contributed by atoms with Crippen molar-refractivity contribution in [2.24, 2.45) is 5.92 Å². The van der Waals surface area contributed by atoms with Crippen molar-refractivity contribution in [1.82, 2.24) is 15.1 Å². The predicted molar refractivity (Wildman–Crippen MR) is 145 cm³/mol. The molecule has 1 saturated heterocycles. The van der Waals surface area contributed by atoms with Crippen LogP contribution in [0.25, 0.3) is 0 Å². The quantitative estimate of drug-likeness (QED) is 0.344. The van der Waals surface area contributed by atoms with E-state index in [2.05, 4.69) is 22.1 Å². The molecule has 1 atom stereocenters. The maximum absolute atomic E-state index is 12.3. The number of piperidine rings is 1. The molecule has 37 heavy (non-hydrogen) atoms. The maximum atomic E-state index is 12.3. The summed E-state index contributed by atoms with van der Waals surface area (Å²) in [7, 11) is 3.41. The Labute approximate surface area is 222 Å². The topological polar surface area (TPSA) is 79.0 Å². The summed E-state index contributed by atoms with van der Waals surface area (Å²) in [4.78, 5) is 39.2. The Morgan fingerprint density at radius 1 is 1.19 bits per heavy atom. The van der Waals surface area contributed by atoms with E-state index in [1.165, 1.54) is 38.6 Å². The molecular weight excluding hydrogens is 466 g/mol. The molecule has 2 fully saturated rings. The number of carbonyl (C=O) groups excluding carboxylic acids is 3. The summed E-state index contributed by atoms with van der Waals surface area (Å²) < 4.78 is 6.05. The van der Waals surface area contributed by atoms with Gasteiger partial charge in [0.1, 0.15) is 19.2 Å². The molecule has 7 nitrogen and oxygen atoms in total. The zero-order chi connectivity index (χ0) is 26.5. The zero-order valence-corrected chi connectivity index (χ0v) is 22.5. The van der Waals surface area contributed by atoms with Crippen molar-refractivity contribution in [3.05, 3.63) is 34.9 Å². The second kappa shape index (κ2) is 15.7. The Bertz CT molecular complexity index is 940. The number of amides is 1. The summed E-state index contributed by atoms with van der Waals surface area (Å²) in [6, 6.07) is 5.06. The average molecular weight is 510 g/mol. The fourth-order valence-electron chi connectivity index (χ4n) is 5.55. The molecule has 1 aliphatic carbocycles. The molecular formula is C30H43N3O4. The SMILES string of the molecule is CNC(=O)C(CCC=O)N(C)Cc1cc(C#CCOC2CCN(CC3CCCCC3)CC2)ccc1C=O. The number of nitrogens with one attached hydrogen (secondary N) is 1. The molecule has 1 saturated carbocycles. The normalized spacial score (nSPS) is 18.1. The summed E-state index contributed by atoms with van der Waals surface area (Å²) in [5.74, 6) is 7.03. The molecule has 1 aromatic carbocycles. The third-order valence-electron chi connectivity index (χ3n) is 7.73. The van der Waals surface area contributed by atoms with Crippen LogP contribution in [0.1, 0.15) is 79.3 Å². The van der Waals surface area contributed by atoms with E-state index in [4.69, 9.17) is 4.74 Å². The molecule has 1 aromatic rings. The van der Waals surface area contributed by atoms with Gasteiger partial charge in [-0.2, -0.15) is 0 Å². The Balaban J connectivity index is 1.50. The molecule has 202 valence electrons. The number of carbonyl (C=O) groups is 3. The molecule has 2 aliphatic rings. The number of hydrogen-bond donors (Lipinski definition) is 1. The van der Waals surface area contributed by atoms with Crippen molar-refractivity contribution in [3.63, 3.8) is 0 Å². The van der Waals surface area contributed by atoms with Crippen LogP contribution in [0.4, 0.5) is 0 Å². The number of ether oxygens (including phenoxy) is 1. The van der Waals surface area contributed by atoms with Crippen LogP contribution in [-0.2, 0) is 20.9 Å². The van der Waals surface area contributed by atoms with E-state index in [1.54, 1.807) is 13.1 Å². The second-order valence-electron chi connectivity index (χ2n) is 10.4. The van der Waals surface area contributed by atoms with Crippen LogP contribution in [0.2, 0.25) is 0 Å². The zero-order valence-electron chi connectivity index (χ0n) is 22.5. The van der Waals surface area contributed by atoms with Crippen LogP contribution in [0.5, 0.6) is 0 Å². The Morgan fingerprint density at radius 3 is 2.62 bits per heavy atom. The molecule has 0 radical (unpaired) electrons. The lowest BCUT2D eigenvalue weighted by atomic mass is 9.88. The third kappa shape index (κ3) is 9.37. The third-order valence-corrected chi connectivity index (χ3v) is 7.73. The van der Waals surface area contributed by atoms with Gasteiger partial charge >= 0.3 is 0 Å². The fraction of sp³-hybridized carbons (Fsp3) is 0.633. The van der Waals surface area contributed by atoms with Gasteiger partial charge in [-0.3, -0.25) is 14.5 Å². The first-order valence-corrected chi connectivity index (χ1v) is 13.8. The van der Waals surface area contributed by atoms with Crippen molar-refractivity contribution in [2.45, 2.75) is 76.5 Å². The van der Waals surface area contributed by atoms with Gasteiger partial charge in [-0.05, 0) is 62.8 Å². The van der Waals surface area contributed by atoms with Crippen molar-refractivity contribution in [3.8, 4) is 11.8 Å². The molecule has 1 unspecified atom stereocenters. The smallest absolute Gasteiger partial charge is 0.237 e. The maximum Gasteiger partial charge on any atom is 0.237 e. The first-order valence-electron chi connectivity index (χ1n) is 13.8. The number of likely N-dealkylation sites (N-methyl/N-ethyl adjacent to an activating group) is 2. The molecule has 7 heteroatoms. The lowest BCUT2D eigenvalue weighted by Crippen LogP contribution is -2.43. The number of nitrogens with zero attached hydrogens (tertiary/aromatic N) is 2. The van der Waals surface area contributed by atoms with Crippen molar-refractivity contribution in [2.75, 3.05) is 40.3 Å². The Hall–Kier alpha value is -2.53. The largest absolute Gasteiger partial charge is 0.365 e. The highest BCUT2D eigenvalue weighted by Gasteiger charge is 2.24. The highest BCUT2D eigenvalue weighted by atomic mass is 16.5. The first-order chi connectivity index (χ1) is 18.0. The van der Waals surface area contributed by atoms with Gasteiger partial charge in [0.05, 0.1) is 12.1 Å². The van der Waals surface area contributed by atoms with Crippen LogP contribution < -0.4 is 5.32 Å². The Morgan fingerprint density at radius 2 is 1.95 bits per heavy atom. The number of rotatable bonds is 12. The van der Waals surface area contributed by atoms with Gasteiger partial charge in [0.25, 0.3) is 0 Å². The molecule has 3 rings (SSSR count). The summed E-state index contributed by atoms with van der Waals surface area (Å²) in [6.07, 6.45) is 11.8. The minimum absolute atomic E-state index is 0.148. The van der Waals surface area contributed by atoms with Gasteiger partial charge in [-0.15, -0.1) is 0 Å². The lowest BCUT2D eigenvalue weighted by Gasteiger charge is -2.35. The summed E-state index contributed by atoms with van der Waals surface area (Å²) >= 11 is 0. The molecule has 0 spiro atoms. The van der Waals surface area contributed by atoms with Gasteiger partial charge < -0.3 is 19.7 Å². The average Bonchev–Trinajstić information content (AvgIpc) is 2.92. The van der Waals surface area contributed by atoms with Crippen molar-refractivity contribution >= 4 is 18.5 Å². The standard InChI is InChI=1S/C30H43N3O4/c1-31-30(36)29(11-6-18-34)32(2)22-27-20-24(12-13-26(27)23-35)10-7-19-37-28-14-16-33(17-15-28)21-25-8-4-3-5-9-25/h12-13,18,20,23,25,28-29H,3-6,8-9,11,14-17,19,21-22H2,1-2H3,(H,31,36). The van der Waals surface area contributed by atoms with E-state index in [0.29, 0.717) is 31.6 Å². The van der Waals surface area contributed by atoms with Crippen LogP contribution in [0, 0.1) is 17.8 Å². The van der Waals surface area contributed by atoms with Crippen molar-refractivity contribution in [1.29, 1.82) is 0 Å². The van der Waals surface area contributed by atoms with Crippen LogP contribution in [0.3, 0.4) is 0 Å². The molecule has 1 N–H and O–H groups in total. The minimum atomic E-state index is -0.452. The highest BCUT2D eigenvalue weighted by molar-refractivity contribution is 5.82. The van der Waals surface area contributed by atoms with E-state index < -0.39 is 6.04 Å². The molecule has 1 amide bonds.